The first kappa shape index (κ1) is 11.8. The molecule has 0 spiro atoms. The lowest BCUT2D eigenvalue weighted by Crippen LogP contribution is -2.41. The molecule has 0 aromatic heterocycles. The highest BCUT2D eigenvalue weighted by molar-refractivity contribution is 6.00. The summed E-state index contributed by atoms with van der Waals surface area (Å²) in [5.41, 5.74) is 3.57. The third kappa shape index (κ3) is 2.73. The Hall–Kier alpha value is -1.64. The molecule has 0 radical (unpaired) electrons. The molecule has 1 fully saturated rings. The van der Waals surface area contributed by atoms with Crippen molar-refractivity contribution in [2.45, 2.75) is 33.1 Å². The predicted octanol–water partition coefficient (Wildman–Crippen LogP) is 2.26. The Morgan fingerprint density at radius 3 is 2.65 bits per heavy atom. The van der Waals surface area contributed by atoms with Crippen LogP contribution in [0.15, 0.2) is 34.9 Å². The topological polar surface area (TPSA) is 46.2 Å². The number of carbonyl (C=O) groups is 2. The van der Waals surface area contributed by atoms with Crippen molar-refractivity contribution in [1.29, 1.82) is 0 Å². The minimum Gasteiger partial charge on any atom is -0.296 e. The largest absolute Gasteiger partial charge is 0.296 e. The number of carbonyl (C=O) groups excluding carboxylic acids is 2. The first-order valence-corrected chi connectivity index (χ1v) is 5.94. The van der Waals surface area contributed by atoms with Gasteiger partial charge in [-0.15, -0.1) is 0 Å². The summed E-state index contributed by atoms with van der Waals surface area (Å²) in [4.78, 5) is 22.9. The third-order valence-corrected chi connectivity index (χ3v) is 3.17. The van der Waals surface area contributed by atoms with Crippen molar-refractivity contribution >= 4 is 11.8 Å². The standard InChI is InChI=1S/C14H17NO2/c1-9-3-4-11(8-10(2)7-9)12-5-6-13(16)15-14(12)17/h3-4,8,12H,5-7H2,1-2H3,(H,15,16,17). The van der Waals surface area contributed by atoms with E-state index in [4.69, 9.17) is 0 Å². The summed E-state index contributed by atoms with van der Waals surface area (Å²) in [6.45, 7) is 4.16. The maximum Gasteiger partial charge on any atom is 0.234 e. The van der Waals surface area contributed by atoms with Gasteiger partial charge in [-0.2, -0.15) is 0 Å². The number of amides is 2. The van der Waals surface area contributed by atoms with E-state index in [1.54, 1.807) is 0 Å². The zero-order valence-electron chi connectivity index (χ0n) is 10.2. The van der Waals surface area contributed by atoms with Gasteiger partial charge >= 0.3 is 0 Å². The summed E-state index contributed by atoms with van der Waals surface area (Å²) < 4.78 is 0. The number of allylic oxidation sites excluding steroid dienone is 5. The molecule has 1 heterocycles. The van der Waals surface area contributed by atoms with Gasteiger partial charge in [-0.1, -0.05) is 29.4 Å². The van der Waals surface area contributed by atoms with E-state index >= 15 is 0 Å². The molecule has 3 heteroatoms. The zero-order valence-corrected chi connectivity index (χ0v) is 10.2. The molecule has 1 N–H and O–H groups in total. The van der Waals surface area contributed by atoms with Gasteiger partial charge in [0.25, 0.3) is 0 Å². The van der Waals surface area contributed by atoms with Gasteiger partial charge in [0.1, 0.15) is 0 Å². The molecule has 1 aliphatic heterocycles. The Morgan fingerprint density at radius 2 is 1.94 bits per heavy atom. The maximum absolute atomic E-state index is 11.8. The fraction of sp³-hybridized carbons (Fsp3) is 0.429. The lowest BCUT2D eigenvalue weighted by atomic mass is 9.89. The highest BCUT2D eigenvalue weighted by atomic mass is 16.2. The van der Waals surface area contributed by atoms with Crippen LogP contribution < -0.4 is 5.32 Å². The van der Waals surface area contributed by atoms with Gasteiger partial charge in [0, 0.05) is 6.42 Å². The van der Waals surface area contributed by atoms with Gasteiger partial charge in [-0.25, -0.2) is 0 Å². The van der Waals surface area contributed by atoms with Crippen LogP contribution in [0.3, 0.4) is 0 Å². The summed E-state index contributed by atoms with van der Waals surface area (Å²) in [6.07, 6.45) is 8.15. The first-order valence-electron chi connectivity index (χ1n) is 5.94. The summed E-state index contributed by atoms with van der Waals surface area (Å²) in [5.74, 6) is -0.498. The van der Waals surface area contributed by atoms with Crippen LogP contribution in [0, 0.1) is 5.92 Å². The molecule has 0 aromatic rings. The maximum atomic E-state index is 11.8. The second-order valence-corrected chi connectivity index (χ2v) is 4.85. The Morgan fingerprint density at radius 1 is 1.18 bits per heavy atom. The van der Waals surface area contributed by atoms with E-state index in [1.165, 1.54) is 11.1 Å². The lowest BCUT2D eigenvalue weighted by molar-refractivity contribution is -0.135. The molecule has 90 valence electrons. The van der Waals surface area contributed by atoms with Crippen molar-refractivity contribution in [1.82, 2.24) is 5.32 Å². The molecule has 1 aliphatic carbocycles. The summed E-state index contributed by atoms with van der Waals surface area (Å²) in [6, 6.07) is 0. The molecule has 0 aromatic carbocycles. The van der Waals surface area contributed by atoms with Crippen molar-refractivity contribution in [2.75, 3.05) is 0 Å². The lowest BCUT2D eigenvalue weighted by Gasteiger charge is -2.21. The summed E-state index contributed by atoms with van der Waals surface area (Å²) in [7, 11) is 0. The number of piperidine rings is 1. The predicted molar refractivity (Wildman–Crippen MR) is 66.1 cm³/mol. The Kier molecular flexibility index (Phi) is 3.27. The summed E-state index contributed by atoms with van der Waals surface area (Å²) in [5, 5.41) is 2.40. The van der Waals surface area contributed by atoms with Crippen molar-refractivity contribution < 1.29 is 9.59 Å². The van der Waals surface area contributed by atoms with Crippen LogP contribution in [-0.4, -0.2) is 11.8 Å². The second kappa shape index (κ2) is 4.70. The van der Waals surface area contributed by atoms with Crippen molar-refractivity contribution in [3.8, 4) is 0 Å². The van der Waals surface area contributed by atoms with Crippen LogP contribution in [0.4, 0.5) is 0 Å². The molecule has 2 amide bonds. The van der Waals surface area contributed by atoms with Gasteiger partial charge in [0.05, 0.1) is 5.92 Å². The molecular weight excluding hydrogens is 214 g/mol. The quantitative estimate of drug-likeness (QED) is 0.704. The molecule has 0 bridgehead atoms. The van der Waals surface area contributed by atoms with Crippen molar-refractivity contribution in [2.24, 2.45) is 5.92 Å². The molecule has 2 rings (SSSR count). The number of hydrogen-bond acceptors (Lipinski definition) is 2. The number of nitrogens with one attached hydrogen (secondary N) is 1. The van der Waals surface area contributed by atoms with Crippen LogP contribution in [-0.2, 0) is 9.59 Å². The minimum absolute atomic E-state index is 0.159. The van der Waals surface area contributed by atoms with E-state index in [0.717, 1.165) is 12.0 Å². The summed E-state index contributed by atoms with van der Waals surface area (Å²) >= 11 is 0. The Labute approximate surface area is 101 Å². The molecule has 1 saturated heterocycles. The smallest absolute Gasteiger partial charge is 0.234 e. The van der Waals surface area contributed by atoms with Crippen LogP contribution in [0.2, 0.25) is 0 Å². The van der Waals surface area contributed by atoms with E-state index in [-0.39, 0.29) is 17.7 Å². The van der Waals surface area contributed by atoms with Gasteiger partial charge in [0.15, 0.2) is 0 Å². The van der Waals surface area contributed by atoms with Crippen molar-refractivity contribution in [3.63, 3.8) is 0 Å². The average Bonchev–Trinajstić information content (AvgIpc) is 2.39. The van der Waals surface area contributed by atoms with E-state index in [0.29, 0.717) is 12.8 Å². The number of rotatable bonds is 1. The Balaban J connectivity index is 2.25. The average molecular weight is 231 g/mol. The zero-order chi connectivity index (χ0) is 12.4. The fourth-order valence-electron chi connectivity index (χ4n) is 2.35. The van der Waals surface area contributed by atoms with E-state index in [9.17, 15) is 9.59 Å². The normalized spacial score (nSPS) is 25.5. The van der Waals surface area contributed by atoms with Crippen LogP contribution in [0.25, 0.3) is 0 Å². The van der Waals surface area contributed by atoms with Crippen molar-refractivity contribution in [3.05, 3.63) is 34.9 Å². The van der Waals surface area contributed by atoms with E-state index in [1.807, 2.05) is 6.08 Å². The number of hydrogen-bond donors (Lipinski definition) is 1. The minimum atomic E-state index is -0.176. The highest BCUT2D eigenvalue weighted by Gasteiger charge is 2.28. The third-order valence-electron chi connectivity index (χ3n) is 3.17. The Bertz CT molecular complexity index is 455. The molecule has 2 aliphatic rings. The van der Waals surface area contributed by atoms with Crippen LogP contribution >= 0.6 is 0 Å². The SMILES string of the molecule is CC1=CC=C(C2CCC(=O)NC2=O)C=C(C)C1. The fourth-order valence-corrected chi connectivity index (χ4v) is 2.35. The van der Waals surface area contributed by atoms with E-state index < -0.39 is 0 Å². The number of imide groups is 1. The highest BCUT2D eigenvalue weighted by Crippen LogP contribution is 2.27. The van der Waals surface area contributed by atoms with Crippen LogP contribution in [0.5, 0.6) is 0 Å². The molecule has 0 saturated carbocycles. The molecule has 1 atom stereocenters. The van der Waals surface area contributed by atoms with Gasteiger partial charge in [-0.05, 0) is 32.3 Å². The molecule has 1 unspecified atom stereocenters. The second-order valence-electron chi connectivity index (χ2n) is 4.85. The van der Waals surface area contributed by atoms with E-state index in [2.05, 4.69) is 31.3 Å². The first-order chi connectivity index (χ1) is 8.06. The molecular formula is C14H17NO2. The van der Waals surface area contributed by atoms with Gasteiger partial charge in [0.2, 0.25) is 11.8 Å². The monoisotopic (exact) mass is 231 g/mol. The molecule has 3 nitrogen and oxygen atoms in total. The van der Waals surface area contributed by atoms with Gasteiger partial charge < -0.3 is 0 Å². The molecule has 17 heavy (non-hydrogen) atoms. The van der Waals surface area contributed by atoms with Gasteiger partial charge in [-0.3, -0.25) is 14.9 Å². The van der Waals surface area contributed by atoms with Crippen LogP contribution in [0.1, 0.15) is 33.1 Å².